The lowest BCUT2D eigenvalue weighted by Gasteiger charge is -2.13. The van der Waals surface area contributed by atoms with Crippen LogP contribution >= 0.6 is 11.3 Å². The summed E-state index contributed by atoms with van der Waals surface area (Å²) in [6.45, 7) is 12.6. The number of aryl methyl sites for hydroxylation is 2. The third-order valence-electron chi connectivity index (χ3n) is 3.79. The summed E-state index contributed by atoms with van der Waals surface area (Å²) in [7, 11) is 0. The van der Waals surface area contributed by atoms with Crippen LogP contribution in [0.2, 0.25) is 0 Å². The van der Waals surface area contributed by atoms with E-state index in [4.69, 9.17) is 4.42 Å². The van der Waals surface area contributed by atoms with Gasteiger partial charge in [0.25, 0.3) is 0 Å². The molecule has 7 heteroatoms. The van der Waals surface area contributed by atoms with Crippen LogP contribution in [0, 0.1) is 6.92 Å². The molecule has 6 nitrogen and oxygen atoms in total. The average molecular weight is 378 g/mol. The lowest BCUT2D eigenvalue weighted by molar-refractivity contribution is 0.383. The zero-order valence-electron chi connectivity index (χ0n) is 16.6. The second kappa shape index (κ2) is 9.71. The Morgan fingerprint density at radius 2 is 2.08 bits per heavy atom. The Bertz CT molecular complexity index is 699. The maximum atomic E-state index is 5.79. The summed E-state index contributed by atoms with van der Waals surface area (Å²) >= 11 is 1.75. The fourth-order valence-electron chi connectivity index (χ4n) is 2.34. The molecule has 0 aromatic carbocycles. The number of hydrogen-bond acceptors (Lipinski definition) is 5. The number of rotatable bonds is 8. The van der Waals surface area contributed by atoms with Crippen LogP contribution in [0.4, 0.5) is 0 Å². The zero-order chi connectivity index (χ0) is 19.0. The van der Waals surface area contributed by atoms with Gasteiger partial charge in [-0.25, -0.2) is 15.0 Å². The van der Waals surface area contributed by atoms with E-state index in [0.29, 0.717) is 12.4 Å². The highest BCUT2D eigenvalue weighted by Crippen LogP contribution is 2.22. The fraction of sp³-hybridized carbons (Fsp3) is 0.632. The molecule has 2 N–H and O–H groups in total. The van der Waals surface area contributed by atoms with Gasteiger partial charge in [0.15, 0.2) is 5.96 Å². The van der Waals surface area contributed by atoms with E-state index in [0.717, 1.165) is 49.8 Å². The first-order valence-electron chi connectivity index (χ1n) is 9.27. The standard InChI is InChI=1S/C19H31N5OS/c1-6-20-18(21-10-8-7-9-17-24-14(2)13-26-17)23-12-16-22-11-15(25-16)19(3,4)5/h11,13H,6-10,12H2,1-5H3,(H2,20,21,23). The van der Waals surface area contributed by atoms with Gasteiger partial charge in [0.05, 0.1) is 11.2 Å². The Labute approximate surface area is 160 Å². The summed E-state index contributed by atoms with van der Waals surface area (Å²) < 4.78 is 5.79. The molecule has 26 heavy (non-hydrogen) atoms. The van der Waals surface area contributed by atoms with Crippen molar-refractivity contribution < 1.29 is 4.42 Å². The number of aliphatic imine (C=N–C) groups is 1. The molecule has 2 heterocycles. The number of guanidine groups is 1. The van der Waals surface area contributed by atoms with Gasteiger partial charge in [-0.15, -0.1) is 11.3 Å². The Balaban J connectivity index is 1.76. The third-order valence-corrected chi connectivity index (χ3v) is 4.81. The van der Waals surface area contributed by atoms with Gasteiger partial charge >= 0.3 is 0 Å². The molecule has 0 spiro atoms. The number of unbranched alkanes of at least 4 members (excludes halogenated alkanes) is 1. The van der Waals surface area contributed by atoms with Crippen LogP contribution in [-0.4, -0.2) is 29.0 Å². The van der Waals surface area contributed by atoms with Crippen molar-refractivity contribution in [1.82, 2.24) is 20.6 Å². The molecule has 0 saturated heterocycles. The molecule has 0 fully saturated rings. The number of nitrogens with one attached hydrogen (secondary N) is 2. The lowest BCUT2D eigenvalue weighted by Crippen LogP contribution is -2.37. The molecule has 0 aliphatic carbocycles. The van der Waals surface area contributed by atoms with E-state index >= 15 is 0 Å². The largest absolute Gasteiger partial charge is 0.443 e. The molecule has 0 aliphatic rings. The Kier molecular flexibility index (Phi) is 7.63. The van der Waals surface area contributed by atoms with Crippen molar-refractivity contribution in [2.24, 2.45) is 4.99 Å². The molecule has 0 bridgehead atoms. The van der Waals surface area contributed by atoms with E-state index in [1.165, 1.54) is 5.01 Å². The first kappa shape index (κ1) is 20.4. The van der Waals surface area contributed by atoms with Gasteiger partial charge in [-0.3, -0.25) is 0 Å². The van der Waals surface area contributed by atoms with Gasteiger partial charge in [-0.2, -0.15) is 0 Å². The van der Waals surface area contributed by atoms with Crippen LogP contribution in [0.5, 0.6) is 0 Å². The van der Waals surface area contributed by atoms with E-state index in [1.807, 2.05) is 6.92 Å². The molecule has 2 aromatic heterocycles. The van der Waals surface area contributed by atoms with Crippen molar-refractivity contribution in [2.75, 3.05) is 13.1 Å². The minimum Gasteiger partial charge on any atom is -0.443 e. The maximum Gasteiger partial charge on any atom is 0.216 e. The maximum absolute atomic E-state index is 5.79. The van der Waals surface area contributed by atoms with Gasteiger partial charge < -0.3 is 15.1 Å². The zero-order valence-corrected chi connectivity index (χ0v) is 17.4. The average Bonchev–Trinajstić information content (AvgIpc) is 3.21. The lowest BCUT2D eigenvalue weighted by atomic mass is 9.94. The molecule has 2 aromatic rings. The van der Waals surface area contributed by atoms with E-state index in [1.54, 1.807) is 17.5 Å². The molecule has 0 aliphatic heterocycles. The first-order chi connectivity index (χ1) is 12.4. The number of hydrogen-bond donors (Lipinski definition) is 2. The summed E-state index contributed by atoms with van der Waals surface area (Å²) in [6.07, 6.45) is 5.04. The van der Waals surface area contributed by atoms with Crippen LogP contribution < -0.4 is 10.6 Å². The van der Waals surface area contributed by atoms with Crippen LogP contribution in [0.3, 0.4) is 0 Å². The fourth-order valence-corrected chi connectivity index (χ4v) is 3.16. The Morgan fingerprint density at radius 1 is 1.27 bits per heavy atom. The molecular weight excluding hydrogens is 346 g/mol. The number of aromatic nitrogens is 2. The Hall–Kier alpha value is -1.89. The van der Waals surface area contributed by atoms with Crippen molar-refractivity contribution in [3.8, 4) is 0 Å². The molecule has 0 saturated carbocycles. The van der Waals surface area contributed by atoms with Crippen LogP contribution in [0.15, 0.2) is 21.0 Å². The molecule has 0 atom stereocenters. The summed E-state index contributed by atoms with van der Waals surface area (Å²) in [5, 5.41) is 9.96. The predicted molar refractivity (Wildman–Crippen MR) is 108 cm³/mol. The monoisotopic (exact) mass is 377 g/mol. The molecule has 0 radical (unpaired) electrons. The van der Waals surface area contributed by atoms with Crippen molar-refractivity contribution >= 4 is 17.3 Å². The normalized spacial score (nSPS) is 12.4. The van der Waals surface area contributed by atoms with Crippen LogP contribution in [0.25, 0.3) is 0 Å². The third kappa shape index (κ3) is 6.78. The first-order valence-corrected chi connectivity index (χ1v) is 10.1. The van der Waals surface area contributed by atoms with Crippen LogP contribution in [-0.2, 0) is 18.4 Å². The summed E-state index contributed by atoms with van der Waals surface area (Å²) in [5.41, 5.74) is 1.08. The minimum absolute atomic E-state index is 0.0341. The van der Waals surface area contributed by atoms with E-state index in [9.17, 15) is 0 Å². The van der Waals surface area contributed by atoms with Crippen molar-refractivity contribution in [2.45, 2.75) is 65.8 Å². The van der Waals surface area contributed by atoms with Crippen LogP contribution in [0.1, 0.15) is 62.9 Å². The topological polar surface area (TPSA) is 75.3 Å². The highest BCUT2D eigenvalue weighted by atomic mass is 32.1. The van der Waals surface area contributed by atoms with Gasteiger partial charge in [0.2, 0.25) is 5.89 Å². The van der Waals surface area contributed by atoms with Gasteiger partial charge in [0, 0.05) is 29.6 Å². The smallest absolute Gasteiger partial charge is 0.216 e. The molecule has 0 unspecified atom stereocenters. The molecular formula is C19H31N5OS. The molecule has 0 amide bonds. The quantitative estimate of drug-likeness (QED) is 0.416. The van der Waals surface area contributed by atoms with Gasteiger partial charge in [-0.1, -0.05) is 20.8 Å². The molecule has 144 valence electrons. The molecule has 2 rings (SSSR count). The second-order valence-corrected chi connectivity index (χ2v) is 8.27. The Morgan fingerprint density at radius 3 is 2.69 bits per heavy atom. The summed E-state index contributed by atoms with van der Waals surface area (Å²) in [5.74, 6) is 2.33. The second-order valence-electron chi connectivity index (χ2n) is 7.33. The van der Waals surface area contributed by atoms with Gasteiger partial charge in [-0.05, 0) is 33.1 Å². The van der Waals surface area contributed by atoms with E-state index < -0.39 is 0 Å². The van der Waals surface area contributed by atoms with E-state index in [-0.39, 0.29) is 5.41 Å². The predicted octanol–water partition coefficient (Wildman–Crippen LogP) is 3.82. The summed E-state index contributed by atoms with van der Waals surface area (Å²) in [6, 6.07) is 0. The summed E-state index contributed by atoms with van der Waals surface area (Å²) in [4.78, 5) is 13.4. The van der Waals surface area contributed by atoms with Crippen molar-refractivity contribution in [3.63, 3.8) is 0 Å². The van der Waals surface area contributed by atoms with Crippen molar-refractivity contribution in [1.29, 1.82) is 0 Å². The minimum atomic E-state index is -0.0341. The highest BCUT2D eigenvalue weighted by molar-refractivity contribution is 7.09. The van der Waals surface area contributed by atoms with Crippen molar-refractivity contribution in [3.05, 3.63) is 33.9 Å². The SMILES string of the molecule is CCNC(=NCc1ncc(C(C)(C)C)o1)NCCCCc1nc(C)cs1. The van der Waals surface area contributed by atoms with Gasteiger partial charge in [0.1, 0.15) is 12.3 Å². The highest BCUT2D eigenvalue weighted by Gasteiger charge is 2.18. The van der Waals surface area contributed by atoms with E-state index in [2.05, 4.69) is 58.7 Å². The number of oxazole rings is 1. The number of nitrogens with zero attached hydrogens (tertiary/aromatic N) is 3. The number of thiazole rings is 1.